The third-order valence-electron chi connectivity index (χ3n) is 5.17. The van der Waals surface area contributed by atoms with Gasteiger partial charge in [-0.3, -0.25) is 4.79 Å². The van der Waals surface area contributed by atoms with Gasteiger partial charge < -0.3 is 10.1 Å². The number of halogens is 1. The number of nitrogens with zero attached hydrogens (tertiary/aromatic N) is 3. The second-order valence-electron chi connectivity index (χ2n) is 6.88. The zero-order valence-electron chi connectivity index (χ0n) is 15.1. The molecule has 6 nitrogen and oxygen atoms in total. The second-order valence-corrected chi connectivity index (χ2v) is 7.98. The van der Waals surface area contributed by atoms with Crippen molar-refractivity contribution in [3.8, 4) is 28.4 Å². The minimum absolute atomic E-state index is 0.287. The Morgan fingerprint density at radius 2 is 2.07 bits per heavy atom. The molecule has 1 fully saturated rings. The van der Waals surface area contributed by atoms with E-state index in [4.69, 9.17) is 9.84 Å². The molecule has 0 aliphatic carbocycles. The number of methoxy groups -OCH3 is 1. The molecule has 28 heavy (non-hydrogen) atoms. The average molecular weight is 396 g/mol. The summed E-state index contributed by atoms with van der Waals surface area (Å²) in [5.74, 6) is 2.55. The lowest BCUT2D eigenvalue weighted by molar-refractivity contribution is 0.332. The Kier molecular flexibility index (Phi) is 3.90. The number of rotatable bonds is 2. The highest BCUT2D eigenvalue weighted by molar-refractivity contribution is 7.99. The van der Waals surface area contributed by atoms with Gasteiger partial charge in [-0.05, 0) is 48.2 Å². The molecule has 1 unspecified atom stereocenters. The first-order valence-corrected chi connectivity index (χ1v) is 10.1. The molecular weight excluding hydrogens is 379 g/mol. The Morgan fingerprint density at radius 3 is 2.79 bits per heavy atom. The number of benzene rings is 2. The molecule has 0 amide bonds. The van der Waals surface area contributed by atoms with E-state index in [0.29, 0.717) is 28.4 Å². The molecule has 0 radical (unpaired) electrons. The van der Waals surface area contributed by atoms with Crippen molar-refractivity contribution in [2.45, 2.75) is 12.1 Å². The quantitative estimate of drug-likeness (QED) is 0.717. The van der Waals surface area contributed by atoms with Gasteiger partial charge in [0.1, 0.15) is 17.2 Å². The highest BCUT2D eigenvalue weighted by Crippen LogP contribution is 2.43. The van der Waals surface area contributed by atoms with Crippen LogP contribution in [0.15, 0.2) is 47.3 Å². The first kappa shape index (κ1) is 17.2. The second kappa shape index (κ2) is 6.34. The molecule has 8 heteroatoms. The summed E-state index contributed by atoms with van der Waals surface area (Å²) in [7, 11) is 1.59. The van der Waals surface area contributed by atoms with E-state index in [1.54, 1.807) is 49.2 Å². The van der Waals surface area contributed by atoms with E-state index in [1.165, 1.54) is 12.1 Å². The fraction of sp³-hybridized carbons (Fsp3) is 0.250. The average Bonchev–Trinajstić information content (AvgIpc) is 3.16. The van der Waals surface area contributed by atoms with Crippen molar-refractivity contribution in [3.05, 3.63) is 58.6 Å². The van der Waals surface area contributed by atoms with Crippen LogP contribution in [0.4, 0.5) is 10.1 Å². The van der Waals surface area contributed by atoms with Crippen LogP contribution in [-0.4, -0.2) is 33.4 Å². The van der Waals surface area contributed by atoms with Gasteiger partial charge in [-0.1, -0.05) is 0 Å². The van der Waals surface area contributed by atoms with Crippen LogP contribution >= 0.6 is 11.8 Å². The van der Waals surface area contributed by atoms with Gasteiger partial charge in [0.25, 0.3) is 5.56 Å². The van der Waals surface area contributed by atoms with Crippen LogP contribution in [-0.2, 0) is 5.66 Å². The molecule has 142 valence electrons. The van der Waals surface area contributed by atoms with E-state index >= 15 is 0 Å². The number of ether oxygens (including phenoxy) is 1. The summed E-state index contributed by atoms with van der Waals surface area (Å²) in [6.07, 6.45) is 0.806. The summed E-state index contributed by atoms with van der Waals surface area (Å²) in [5, 5.41) is 8.19. The van der Waals surface area contributed by atoms with Crippen molar-refractivity contribution in [1.29, 1.82) is 0 Å². The Hall–Kier alpha value is -2.87. The Labute approximate surface area is 164 Å². The zero-order valence-corrected chi connectivity index (χ0v) is 15.9. The summed E-state index contributed by atoms with van der Waals surface area (Å²) in [4.78, 5) is 17.2. The van der Waals surface area contributed by atoms with Gasteiger partial charge in [-0.2, -0.15) is 21.8 Å². The monoisotopic (exact) mass is 396 g/mol. The van der Waals surface area contributed by atoms with Gasteiger partial charge in [0.05, 0.1) is 7.11 Å². The largest absolute Gasteiger partial charge is 0.497 e. The number of hydrogen-bond donors (Lipinski definition) is 1. The van der Waals surface area contributed by atoms with E-state index in [0.717, 1.165) is 17.9 Å². The van der Waals surface area contributed by atoms with Crippen LogP contribution in [0.5, 0.6) is 5.75 Å². The van der Waals surface area contributed by atoms with Crippen molar-refractivity contribution >= 4 is 17.4 Å². The maximum atomic E-state index is 13.8. The molecule has 5 rings (SSSR count). The van der Waals surface area contributed by atoms with Crippen LogP contribution < -0.4 is 15.6 Å². The van der Waals surface area contributed by atoms with Crippen molar-refractivity contribution in [2.24, 2.45) is 0 Å². The minimum atomic E-state index is -0.525. The van der Waals surface area contributed by atoms with Crippen molar-refractivity contribution in [1.82, 2.24) is 14.8 Å². The molecule has 2 aliphatic heterocycles. The predicted molar refractivity (Wildman–Crippen MR) is 107 cm³/mol. The Morgan fingerprint density at radius 1 is 1.25 bits per heavy atom. The van der Waals surface area contributed by atoms with Gasteiger partial charge in [-0.15, -0.1) is 0 Å². The smallest absolute Gasteiger partial charge is 0.300 e. The number of hydrogen-bond acceptors (Lipinski definition) is 6. The van der Waals surface area contributed by atoms with Crippen LogP contribution in [0.1, 0.15) is 6.42 Å². The highest BCUT2D eigenvalue weighted by Gasteiger charge is 2.43. The summed E-state index contributed by atoms with van der Waals surface area (Å²) in [6.45, 7) is 0. The van der Waals surface area contributed by atoms with Gasteiger partial charge in [0.15, 0.2) is 11.5 Å². The molecule has 3 heterocycles. The normalized spacial score (nSPS) is 19.8. The Balaban J connectivity index is 1.73. The molecule has 1 atom stereocenters. The summed E-state index contributed by atoms with van der Waals surface area (Å²) in [5.41, 5.74) is 1.36. The zero-order chi connectivity index (χ0) is 19.3. The van der Waals surface area contributed by atoms with Crippen molar-refractivity contribution in [3.63, 3.8) is 0 Å². The molecule has 1 saturated heterocycles. The SMILES string of the molecule is COc1ccc(-c2nn3c(nc2=O)-c2ccc(F)cc2NC32CCSC2)cc1. The van der Waals surface area contributed by atoms with E-state index in [1.807, 2.05) is 4.68 Å². The van der Waals surface area contributed by atoms with Gasteiger partial charge >= 0.3 is 0 Å². The number of aromatic nitrogens is 3. The lowest BCUT2D eigenvalue weighted by atomic mass is 10.0. The Bertz CT molecular complexity index is 1120. The maximum Gasteiger partial charge on any atom is 0.300 e. The molecule has 1 aromatic heterocycles. The van der Waals surface area contributed by atoms with Crippen molar-refractivity contribution in [2.75, 3.05) is 23.9 Å². The van der Waals surface area contributed by atoms with E-state index in [-0.39, 0.29) is 11.5 Å². The van der Waals surface area contributed by atoms with Crippen molar-refractivity contribution < 1.29 is 9.13 Å². The third-order valence-corrected chi connectivity index (χ3v) is 6.34. The van der Waals surface area contributed by atoms with Crippen LogP contribution in [0.25, 0.3) is 22.6 Å². The molecule has 3 aromatic rings. The fourth-order valence-corrected chi connectivity index (χ4v) is 5.03. The third kappa shape index (κ3) is 2.59. The van der Waals surface area contributed by atoms with Crippen LogP contribution in [0.3, 0.4) is 0 Å². The lowest BCUT2D eigenvalue weighted by Gasteiger charge is -2.38. The van der Waals surface area contributed by atoms with E-state index in [9.17, 15) is 9.18 Å². The molecule has 2 aromatic carbocycles. The van der Waals surface area contributed by atoms with Gasteiger partial charge in [0, 0.05) is 29.0 Å². The predicted octanol–water partition coefficient (Wildman–Crippen LogP) is 3.34. The lowest BCUT2D eigenvalue weighted by Crippen LogP contribution is -2.47. The first-order valence-electron chi connectivity index (χ1n) is 8.92. The summed E-state index contributed by atoms with van der Waals surface area (Å²) < 4.78 is 20.8. The first-order chi connectivity index (χ1) is 13.6. The number of nitrogens with one attached hydrogen (secondary N) is 1. The maximum absolute atomic E-state index is 13.8. The molecule has 0 saturated carbocycles. The molecule has 1 N–H and O–H groups in total. The van der Waals surface area contributed by atoms with Crippen LogP contribution in [0.2, 0.25) is 0 Å². The van der Waals surface area contributed by atoms with Gasteiger partial charge in [-0.25, -0.2) is 9.07 Å². The van der Waals surface area contributed by atoms with E-state index in [2.05, 4.69) is 10.3 Å². The topological polar surface area (TPSA) is 69.0 Å². The molecule has 0 bridgehead atoms. The number of fused-ring (bicyclic) bond motifs is 4. The van der Waals surface area contributed by atoms with E-state index < -0.39 is 11.2 Å². The summed E-state index contributed by atoms with van der Waals surface area (Å²) in [6, 6.07) is 11.6. The standard InChI is InChI=1S/C20H17FN4O2S/c1-27-14-5-2-12(3-6-14)17-19(26)22-18-15-7-4-13(21)10-16(15)23-20(25(18)24-17)8-9-28-11-20/h2-7,10,23H,8-9,11H2,1H3. The van der Waals surface area contributed by atoms with Crippen LogP contribution in [0, 0.1) is 5.82 Å². The fourth-order valence-electron chi connectivity index (χ4n) is 3.73. The highest BCUT2D eigenvalue weighted by atomic mass is 32.2. The minimum Gasteiger partial charge on any atom is -0.497 e. The number of thioether (sulfide) groups is 1. The molecule has 2 aliphatic rings. The van der Waals surface area contributed by atoms with Gasteiger partial charge in [0.2, 0.25) is 0 Å². The molecule has 1 spiro atoms. The number of anilines is 1. The molecular formula is C20H17FN4O2S. The summed E-state index contributed by atoms with van der Waals surface area (Å²) >= 11 is 1.79.